The van der Waals surface area contributed by atoms with E-state index in [1.54, 1.807) is 17.3 Å². The summed E-state index contributed by atoms with van der Waals surface area (Å²) in [4.78, 5) is 29.3. The minimum atomic E-state index is -0.0944. The molecule has 2 rings (SSSR count). The fourth-order valence-electron chi connectivity index (χ4n) is 2.12. The Balaban J connectivity index is 1.89. The van der Waals surface area contributed by atoms with Gasteiger partial charge in [-0.3, -0.25) is 14.6 Å². The fourth-order valence-corrected chi connectivity index (χ4v) is 2.50. The van der Waals surface area contributed by atoms with E-state index >= 15 is 0 Å². The van der Waals surface area contributed by atoms with Crippen LogP contribution in [0.1, 0.15) is 18.9 Å². The van der Waals surface area contributed by atoms with Crippen LogP contribution in [0, 0.1) is 0 Å². The molecular formula is C17H18BrN3O2. The van der Waals surface area contributed by atoms with Gasteiger partial charge in [-0.15, -0.1) is 0 Å². The second-order valence-electron chi connectivity index (χ2n) is 5.03. The largest absolute Gasteiger partial charge is 0.352 e. The van der Waals surface area contributed by atoms with Crippen molar-refractivity contribution in [2.45, 2.75) is 19.9 Å². The molecule has 6 heteroatoms. The van der Waals surface area contributed by atoms with Gasteiger partial charge in [0.25, 0.3) is 0 Å². The van der Waals surface area contributed by atoms with Gasteiger partial charge in [0.1, 0.15) is 0 Å². The van der Waals surface area contributed by atoms with Gasteiger partial charge in [0.2, 0.25) is 11.8 Å². The Morgan fingerprint density at radius 1 is 1.22 bits per heavy atom. The Labute approximate surface area is 143 Å². The number of benzene rings is 1. The van der Waals surface area contributed by atoms with Gasteiger partial charge in [-0.05, 0) is 35.9 Å². The van der Waals surface area contributed by atoms with Crippen LogP contribution in [-0.2, 0) is 16.1 Å². The molecule has 0 fully saturated rings. The van der Waals surface area contributed by atoms with E-state index in [1.165, 1.54) is 6.92 Å². The van der Waals surface area contributed by atoms with Crippen LogP contribution in [0.15, 0.2) is 53.3 Å². The maximum atomic E-state index is 12.0. The zero-order chi connectivity index (χ0) is 16.7. The van der Waals surface area contributed by atoms with Gasteiger partial charge < -0.3 is 10.2 Å². The molecule has 0 aliphatic heterocycles. The van der Waals surface area contributed by atoms with E-state index in [2.05, 4.69) is 26.2 Å². The van der Waals surface area contributed by atoms with E-state index in [0.29, 0.717) is 13.1 Å². The molecule has 2 amide bonds. The standard InChI is InChI=1S/C17H18BrN3O2/c1-13(22)21(16-4-2-3-15(18)11-16)10-7-17(23)20-12-14-5-8-19-9-6-14/h2-6,8-9,11H,7,10,12H2,1H3,(H,20,23). The molecule has 0 atom stereocenters. The summed E-state index contributed by atoms with van der Waals surface area (Å²) in [5.74, 6) is -0.187. The summed E-state index contributed by atoms with van der Waals surface area (Å²) in [7, 11) is 0. The summed E-state index contributed by atoms with van der Waals surface area (Å²) in [6.45, 7) is 2.29. The Hall–Kier alpha value is -2.21. The number of rotatable bonds is 6. The van der Waals surface area contributed by atoms with Gasteiger partial charge in [-0.25, -0.2) is 0 Å². The maximum Gasteiger partial charge on any atom is 0.223 e. The molecule has 0 saturated carbocycles. The molecule has 0 spiro atoms. The zero-order valence-corrected chi connectivity index (χ0v) is 14.4. The van der Waals surface area contributed by atoms with E-state index in [9.17, 15) is 9.59 Å². The van der Waals surface area contributed by atoms with Crippen LogP contribution in [0.2, 0.25) is 0 Å². The number of pyridine rings is 1. The van der Waals surface area contributed by atoms with E-state index in [-0.39, 0.29) is 18.2 Å². The van der Waals surface area contributed by atoms with Gasteiger partial charge >= 0.3 is 0 Å². The lowest BCUT2D eigenvalue weighted by Gasteiger charge is -2.21. The summed E-state index contributed by atoms with van der Waals surface area (Å²) in [5.41, 5.74) is 1.76. The first-order chi connectivity index (χ1) is 11.1. The molecule has 1 aromatic heterocycles. The Bertz CT molecular complexity index is 677. The minimum Gasteiger partial charge on any atom is -0.352 e. The molecule has 0 bridgehead atoms. The van der Waals surface area contributed by atoms with Crippen LogP contribution in [0.5, 0.6) is 0 Å². The maximum absolute atomic E-state index is 12.0. The molecule has 1 heterocycles. The number of halogens is 1. The third-order valence-corrected chi connectivity index (χ3v) is 3.79. The third kappa shape index (κ3) is 5.49. The molecule has 1 N–H and O–H groups in total. The first-order valence-electron chi connectivity index (χ1n) is 7.25. The summed E-state index contributed by atoms with van der Waals surface area (Å²) < 4.78 is 0.892. The lowest BCUT2D eigenvalue weighted by molar-refractivity contribution is -0.121. The number of hydrogen-bond acceptors (Lipinski definition) is 3. The molecule has 5 nitrogen and oxygen atoms in total. The van der Waals surface area contributed by atoms with Crippen molar-refractivity contribution in [1.82, 2.24) is 10.3 Å². The van der Waals surface area contributed by atoms with Gasteiger partial charge in [-0.1, -0.05) is 22.0 Å². The van der Waals surface area contributed by atoms with Crippen molar-refractivity contribution in [3.8, 4) is 0 Å². The van der Waals surface area contributed by atoms with Crippen LogP contribution in [0.25, 0.3) is 0 Å². The van der Waals surface area contributed by atoms with Gasteiger partial charge in [-0.2, -0.15) is 0 Å². The van der Waals surface area contributed by atoms with Crippen LogP contribution >= 0.6 is 15.9 Å². The SMILES string of the molecule is CC(=O)N(CCC(=O)NCc1ccncc1)c1cccc(Br)c1. The average Bonchev–Trinajstić information content (AvgIpc) is 2.54. The number of carbonyl (C=O) groups is 2. The Morgan fingerprint density at radius 2 is 1.96 bits per heavy atom. The van der Waals surface area contributed by atoms with Crippen molar-refractivity contribution < 1.29 is 9.59 Å². The number of nitrogens with zero attached hydrogens (tertiary/aromatic N) is 2. The molecule has 0 aliphatic rings. The quantitative estimate of drug-likeness (QED) is 0.843. The number of hydrogen-bond donors (Lipinski definition) is 1. The van der Waals surface area contributed by atoms with Gasteiger partial charge in [0, 0.05) is 49.0 Å². The number of carbonyl (C=O) groups excluding carboxylic acids is 2. The van der Waals surface area contributed by atoms with Gasteiger partial charge in [0.05, 0.1) is 0 Å². The van der Waals surface area contributed by atoms with Gasteiger partial charge in [0.15, 0.2) is 0 Å². The van der Waals surface area contributed by atoms with E-state index in [4.69, 9.17) is 0 Å². The van der Waals surface area contributed by atoms with Crippen molar-refractivity contribution in [3.63, 3.8) is 0 Å². The smallest absolute Gasteiger partial charge is 0.223 e. The summed E-state index contributed by atoms with van der Waals surface area (Å²) in [6, 6.07) is 11.2. The lowest BCUT2D eigenvalue weighted by Crippen LogP contribution is -2.33. The highest BCUT2D eigenvalue weighted by Gasteiger charge is 2.13. The van der Waals surface area contributed by atoms with Crippen molar-refractivity contribution in [2.24, 2.45) is 0 Å². The van der Waals surface area contributed by atoms with E-state index in [1.807, 2.05) is 36.4 Å². The average molecular weight is 376 g/mol. The number of anilines is 1. The molecule has 0 radical (unpaired) electrons. The van der Waals surface area contributed by atoms with Crippen LogP contribution in [0.3, 0.4) is 0 Å². The molecule has 0 unspecified atom stereocenters. The Kier molecular flexibility index (Phi) is 6.29. The Morgan fingerprint density at radius 3 is 2.61 bits per heavy atom. The minimum absolute atomic E-state index is 0.0926. The number of nitrogens with one attached hydrogen (secondary N) is 1. The van der Waals surface area contributed by atoms with Crippen molar-refractivity contribution in [2.75, 3.05) is 11.4 Å². The van der Waals surface area contributed by atoms with E-state index < -0.39 is 0 Å². The molecule has 1 aromatic carbocycles. The zero-order valence-electron chi connectivity index (χ0n) is 12.8. The number of amides is 2. The molecule has 0 aliphatic carbocycles. The van der Waals surface area contributed by atoms with Crippen LogP contribution < -0.4 is 10.2 Å². The normalized spacial score (nSPS) is 10.2. The van der Waals surface area contributed by atoms with Crippen molar-refractivity contribution >= 4 is 33.4 Å². The van der Waals surface area contributed by atoms with E-state index in [0.717, 1.165) is 15.7 Å². The topological polar surface area (TPSA) is 62.3 Å². The van der Waals surface area contributed by atoms with Crippen LogP contribution in [0.4, 0.5) is 5.69 Å². The van der Waals surface area contributed by atoms with Crippen molar-refractivity contribution in [3.05, 3.63) is 58.8 Å². The fraction of sp³-hybridized carbons (Fsp3) is 0.235. The molecule has 2 aromatic rings. The molecule has 23 heavy (non-hydrogen) atoms. The highest BCUT2D eigenvalue weighted by atomic mass is 79.9. The second-order valence-corrected chi connectivity index (χ2v) is 5.95. The highest BCUT2D eigenvalue weighted by molar-refractivity contribution is 9.10. The second kappa shape index (κ2) is 8.43. The molecular weight excluding hydrogens is 358 g/mol. The third-order valence-electron chi connectivity index (χ3n) is 3.30. The first kappa shape index (κ1) is 17.1. The first-order valence-corrected chi connectivity index (χ1v) is 8.05. The van der Waals surface area contributed by atoms with Crippen LogP contribution in [-0.4, -0.2) is 23.3 Å². The molecule has 0 saturated heterocycles. The summed E-state index contributed by atoms with van der Waals surface area (Å²) in [5, 5.41) is 2.84. The monoisotopic (exact) mass is 375 g/mol. The van der Waals surface area contributed by atoms with Crippen molar-refractivity contribution in [1.29, 1.82) is 0 Å². The summed E-state index contributed by atoms with van der Waals surface area (Å²) in [6.07, 6.45) is 3.62. The predicted molar refractivity (Wildman–Crippen MR) is 92.9 cm³/mol. The number of aromatic nitrogens is 1. The molecule has 120 valence electrons. The highest BCUT2D eigenvalue weighted by Crippen LogP contribution is 2.20. The predicted octanol–water partition coefficient (Wildman–Crippen LogP) is 2.90. The lowest BCUT2D eigenvalue weighted by atomic mass is 10.2. The summed E-state index contributed by atoms with van der Waals surface area (Å²) >= 11 is 3.39.